The fourth-order valence-electron chi connectivity index (χ4n) is 1.29. The number of thiophene rings is 1. The highest BCUT2D eigenvalue weighted by atomic mass is 35.5. The van der Waals surface area contributed by atoms with E-state index in [-0.39, 0.29) is 24.8 Å². The van der Waals surface area contributed by atoms with Crippen molar-refractivity contribution in [1.82, 2.24) is 9.80 Å². The van der Waals surface area contributed by atoms with E-state index in [4.69, 9.17) is 23.2 Å². The van der Waals surface area contributed by atoms with Gasteiger partial charge in [0.25, 0.3) is 0 Å². The lowest BCUT2D eigenvalue weighted by Gasteiger charge is -2.17. The molecule has 0 atom stereocenters. The minimum atomic E-state index is -0.141. The number of nitrogens with zero attached hydrogens (tertiary/aromatic N) is 2. The summed E-state index contributed by atoms with van der Waals surface area (Å²) in [6.45, 7) is 0.320. The summed E-state index contributed by atoms with van der Waals surface area (Å²) in [5.41, 5.74) is 0.413. The lowest BCUT2D eigenvalue weighted by molar-refractivity contribution is -0.129. The molecule has 1 amide bonds. The molecule has 0 aromatic carbocycles. The molecule has 0 unspecified atom stereocenters. The molecule has 0 aliphatic rings. The van der Waals surface area contributed by atoms with Crippen LogP contribution >= 0.6 is 34.5 Å². The molecule has 4 nitrogen and oxygen atoms in total. The molecule has 1 rings (SSSR count). The van der Waals surface area contributed by atoms with E-state index in [1.54, 1.807) is 32.1 Å². The van der Waals surface area contributed by atoms with E-state index in [9.17, 15) is 9.59 Å². The molecule has 100 valence electrons. The summed E-state index contributed by atoms with van der Waals surface area (Å²) in [5, 5.41) is 0. The normalized spacial score (nSPS) is 10.8. The third-order valence-electron chi connectivity index (χ3n) is 2.27. The van der Waals surface area contributed by atoms with Crippen molar-refractivity contribution in [2.75, 3.05) is 34.2 Å². The maximum Gasteiger partial charge on any atom is 0.236 e. The SMILES string of the molecule is CN(CC(=O)c1cc(Cl)sc1Cl)CC(=O)N(C)C. The van der Waals surface area contributed by atoms with Crippen molar-refractivity contribution in [3.05, 3.63) is 20.3 Å². The summed E-state index contributed by atoms with van der Waals surface area (Å²) in [7, 11) is 5.06. The van der Waals surface area contributed by atoms with E-state index in [2.05, 4.69) is 0 Å². The van der Waals surface area contributed by atoms with Crippen LogP contribution < -0.4 is 0 Å². The molecule has 7 heteroatoms. The molecule has 0 fully saturated rings. The quantitative estimate of drug-likeness (QED) is 0.783. The van der Waals surface area contributed by atoms with Gasteiger partial charge in [0.2, 0.25) is 5.91 Å². The van der Waals surface area contributed by atoms with Crippen LogP contribution in [0.4, 0.5) is 0 Å². The predicted molar refractivity (Wildman–Crippen MR) is 74.9 cm³/mol. The van der Waals surface area contributed by atoms with Crippen LogP contribution in [0, 0.1) is 0 Å². The number of hydrogen-bond donors (Lipinski definition) is 0. The second-order valence-electron chi connectivity index (χ2n) is 4.12. The van der Waals surface area contributed by atoms with E-state index in [1.165, 1.54) is 4.90 Å². The molecule has 18 heavy (non-hydrogen) atoms. The molecule has 0 bridgehead atoms. The Labute approximate surface area is 120 Å². The van der Waals surface area contributed by atoms with Gasteiger partial charge in [-0.1, -0.05) is 23.2 Å². The van der Waals surface area contributed by atoms with Crippen LogP contribution in [0.5, 0.6) is 0 Å². The van der Waals surface area contributed by atoms with Crippen LogP contribution in [-0.2, 0) is 4.79 Å². The van der Waals surface area contributed by atoms with Gasteiger partial charge in [-0.2, -0.15) is 0 Å². The van der Waals surface area contributed by atoms with Crippen molar-refractivity contribution in [3.8, 4) is 0 Å². The lowest BCUT2D eigenvalue weighted by Crippen LogP contribution is -2.36. The molecule has 0 saturated heterocycles. The van der Waals surface area contributed by atoms with E-state index >= 15 is 0 Å². The van der Waals surface area contributed by atoms with Crippen molar-refractivity contribution in [1.29, 1.82) is 0 Å². The van der Waals surface area contributed by atoms with Crippen LogP contribution in [-0.4, -0.2) is 55.7 Å². The van der Waals surface area contributed by atoms with Crippen molar-refractivity contribution in [3.63, 3.8) is 0 Å². The first-order chi connectivity index (χ1) is 8.31. The fourth-order valence-corrected chi connectivity index (χ4v) is 2.79. The average Bonchev–Trinajstić information content (AvgIpc) is 2.57. The second-order valence-corrected chi connectivity index (χ2v) is 6.41. The maximum atomic E-state index is 11.9. The highest BCUT2D eigenvalue weighted by molar-refractivity contribution is 7.20. The summed E-state index contributed by atoms with van der Waals surface area (Å²) in [6.07, 6.45) is 0. The topological polar surface area (TPSA) is 40.6 Å². The van der Waals surface area contributed by atoms with E-state index < -0.39 is 0 Å². The standard InChI is InChI=1S/C11H14Cl2N2O2S/c1-14(2)10(17)6-15(3)5-8(16)7-4-9(12)18-11(7)13/h4H,5-6H2,1-3H3. The van der Waals surface area contributed by atoms with Gasteiger partial charge in [-0.25, -0.2) is 0 Å². The van der Waals surface area contributed by atoms with Gasteiger partial charge in [-0.05, 0) is 13.1 Å². The minimum Gasteiger partial charge on any atom is -0.348 e. The third kappa shape index (κ3) is 4.24. The number of carbonyl (C=O) groups excluding carboxylic acids is 2. The molecule has 0 saturated carbocycles. The first-order valence-corrected chi connectivity index (χ1v) is 6.75. The van der Waals surface area contributed by atoms with E-state index in [0.29, 0.717) is 14.2 Å². The van der Waals surface area contributed by atoms with Crippen LogP contribution in [0.3, 0.4) is 0 Å². The Morgan fingerprint density at radius 1 is 1.22 bits per heavy atom. The Bertz CT molecular complexity index is 460. The van der Waals surface area contributed by atoms with Crippen molar-refractivity contribution < 1.29 is 9.59 Å². The number of halogens is 2. The number of amides is 1. The second kappa shape index (κ2) is 6.52. The van der Waals surface area contributed by atoms with E-state index in [0.717, 1.165) is 11.3 Å². The Balaban J connectivity index is 2.60. The maximum absolute atomic E-state index is 11.9. The number of rotatable bonds is 5. The van der Waals surface area contributed by atoms with Crippen LogP contribution in [0.25, 0.3) is 0 Å². The highest BCUT2D eigenvalue weighted by Crippen LogP contribution is 2.31. The number of carbonyl (C=O) groups is 2. The fraction of sp³-hybridized carbons (Fsp3) is 0.455. The zero-order valence-corrected chi connectivity index (χ0v) is 12.7. The molecule has 1 aromatic heterocycles. The van der Waals surface area contributed by atoms with Gasteiger partial charge in [0, 0.05) is 14.1 Å². The van der Waals surface area contributed by atoms with Crippen LogP contribution in [0.1, 0.15) is 10.4 Å². The van der Waals surface area contributed by atoms with Gasteiger partial charge in [-0.15, -0.1) is 11.3 Å². The number of ketones is 1. The first-order valence-electron chi connectivity index (χ1n) is 5.18. The summed E-state index contributed by atoms with van der Waals surface area (Å²) in [5.74, 6) is -0.197. The van der Waals surface area contributed by atoms with Crippen molar-refractivity contribution in [2.45, 2.75) is 0 Å². The zero-order valence-electron chi connectivity index (χ0n) is 10.4. The Morgan fingerprint density at radius 3 is 2.28 bits per heavy atom. The van der Waals surface area contributed by atoms with E-state index in [1.807, 2.05) is 0 Å². The van der Waals surface area contributed by atoms with Gasteiger partial charge in [0.15, 0.2) is 5.78 Å². The molecular weight excluding hydrogens is 295 g/mol. The highest BCUT2D eigenvalue weighted by Gasteiger charge is 2.17. The molecule has 0 aliphatic carbocycles. The summed E-state index contributed by atoms with van der Waals surface area (Å²) >= 11 is 12.8. The van der Waals surface area contributed by atoms with Crippen LogP contribution in [0.2, 0.25) is 8.67 Å². The summed E-state index contributed by atoms with van der Waals surface area (Å²) < 4.78 is 0.868. The monoisotopic (exact) mass is 308 g/mol. The Hall–Kier alpha value is -0.620. The lowest BCUT2D eigenvalue weighted by atomic mass is 10.2. The van der Waals surface area contributed by atoms with Gasteiger partial charge in [0.05, 0.1) is 23.0 Å². The number of Topliss-reactive ketones (excluding diaryl/α,β-unsaturated/α-hetero) is 1. The molecule has 0 aliphatic heterocycles. The Kier molecular flexibility index (Phi) is 5.59. The van der Waals surface area contributed by atoms with Crippen molar-refractivity contribution >= 4 is 46.2 Å². The molecule has 1 heterocycles. The smallest absolute Gasteiger partial charge is 0.236 e. The molecule has 0 N–H and O–H groups in total. The molecule has 0 spiro atoms. The molecule has 0 radical (unpaired) electrons. The van der Waals surface area contributed by atoms with Crippen LogP contribution in [0.15, 0.2) is 6.07 Å². The summed E-state index contributed by atoms with van der Waals surface area (Å²) in [4.78, 5) is 26.5. The zero-order chi connectivity index (χ0) is 13.9. The van der Waals surface area contributed by atoms with Gasteiger partial charge in [-0.3, -0.25) is 14.5 Å². The number of likely N-dealkylation sites (N-methyl/N-ethyl adjacent to an activating group) is 2. The average molecular weight is 309 g/mol. The molecule has 1 aromatic rings. The molecular formula is C11H14Cl2N2O2S. The Morgan fingerprint density at radius 2 is 1.83 bits per heavy atom. The predicted octanol–water partition coefficient (Wildman–Crippen LogP) is 2.26. The minimum absolute atomic E-state index is 0.0558. The van der Waals surface area contributed by atoms with Gasteiger partial charge in [0.1, 0.15) is 4.34 Å². The van der Waals surface area contributed by atoms with Gasteiger partial charge < -0.3 is 4.90 Å². The number of hydrogen-bond acceptors (Lipinski definition) is 4. The first kappa shape index (κ1) is 15.4. The largest absolute Gasteiger partial charge is 0.348 e. The third-order valence-corrected chi connectivity index (χ3v) is 3.76. The van der Waals surface area contributed by atoms with Crippen molar-refractivity contribution in [2.24, 2.45) is 0 Å². The van der Waals surface area contributed by atoms with Gasteiger partial charge >= 0.3 is 0 Å². The summed E-state index contributed by atoms with van der Waals surface area (Å²) in [6, 6.07) is 1.55.